The Morgan fingerprint density at radius 2 is 1.83 bits per heavy atom. The first kappa shape index (κ1) is 20.9. The van der Waals surface area contributed by atoms with Gasteiger partial charge in [-0.15, -0.1) is 13.2 Å². The molecule has 0 fully saturated rings. The van der Waals surface area contributed by atoms with Crippen LogP contribution in [0.4, 0.5) is 13.2 Å². The Hall–Kier alpha value is -2.11. The molecule has 0 amide bonds. The van der Waals surface area contributed by atoms with Crippen molar-refractivity contribution < 1.29 is 27.6 Å². The summed E-state index contributed by atoms with van der Waals surface area (Å²) in [6.45, 7) is 8.60. The van der Waals surface area contributed by atoms with E-state index >= 15 is 0 Å². The highest BCUT2D eigenvalue weighted by molar-refractivity contribution is 5.70. The summed E-state index contributed by atoms with van der Waals surface area (Å²) in [4.78, 5) is 8.78. The van der Waals surface area contributed by atoms with Gasteiger partial charge in [-0.1, -0.05) is 12.2 Å². The minimum absolute atomic E-state index is 1.06. The largest absolute Gasteiger partial charge is 0.542 e. The number of carboxylic acids is 1. The van der Waals surface area contributed by atoms with Crippen LogP contribution in [0.25, 0.3) is 0 Å². The van der Waals surface area contributed by atoms with Gasteiger partial charge in [0.25, 0.3) is 0 Å². The first-order valence-corrected chi connectivity index (χ1v) is 7.29. The number of allylic oxidation sites excluding steroid dienone is 2. The van der Waals surface area contributed by atoms with Gasteiger partial charge in [0.05, 0.1) is 0 Å². The minimum Gasteiger partial charge on any atom is -0.542 e. The second-order valence-corrected chi connectivity index (χ2v) is 4.85. The molecular formula is C17H22F3NO2. The third-order valence-electron chi connectivity index (χ3n) is 2.86. The standard InChI is InChI=1S/C15H22N.C2HF3O2/c1-3-5-7-8-12-16-13-9-11-15(14-16)10-6-4-2;3-2(4,5)1(6)7/h3-4,9,11,13-14H,1-2,5-8,10,12H2;(H,6,7)/q+1;/p-1. The molecule has 0 aliphatic heterocycles. The smallest absolute Gasteiger partial charge is 0.430 e. The molecule has 0 bridgehead atoms. The minimum atomic E-state index is -5.19. The van der Waals surface area contributed by atoms with Crippen LogP contribution in [0.5, 0.6) is 0 Å². The third-order valence-corrected chi connectivity index (χ3v) is 2.86. The lowest BCUT2D eigenvalue weighted by Gasteiger charge is -2.03. The van der Waals surface area contributed by atoms with E-state index in [0.29, 0.717) is 0 Å². The molecule has 0 spiro atoms. The second-order valence-electron chi connectivity index (χ2n) is 4.85. The first-order valence-electron chi connectivity index (χ1n) is 7.29. The number of carboxylic acid groups (broad SMARTS) is 1. The number of rotatable bonds is 8. The highest BCUT2D eigenvalue weighted by Crippen LogP contribution is 2.11. The Bertz CT molecular complexity index is 499. The van der Waals surface area contributed by atoms with Crippen molar-refractivity contribution in [1.29, 1.82) is 0 Å². The summed E-state index contributed by atoms with van der Waals surface area (Å²) in [5.41, 5.74) is 1.39. The summed E-state index contributed by atoms with van der Waals surface area (Å²) in [6.07, 6.45) is 8.89. The van der Waals surface area contributed by atoms with Crippen LogP contribution in [0.3, 0.4) is 0 Å². The highest BCUT2D eigenvalue weighted by Gasteiger charge is 2.28. The molecule has 0 aromatic carbocycles. The molecule has 6 heteroatoms. The molecule has 0 aliphatic rings. The summed E-state index contributed by atoms with van der Waals surface area (Å²) in [7, 11) is 0. The first-order chi connectivity index (χ1) is 10.8. The van der Waals surface area contributed by atoms with E-state index in [9.17, 15) is 13.2 Å². The van der Waals surface area contributed by atoms with Gasteiger partial charge in [0.1, 0.15) is 12.5 Å². The maximum absolute atomic E-state index is 10.5. The van der Waals surface area contributed by atoms with Crippen molar-refractivity contribution in [3.05, 3.63) is 55.4 Å². The van der Waals surface area contributed by atoms with Crippen molar-refractivity contribution in [2.24, 2.45) is 0 Å². The number of nitrogens with zero attached hydrogens (tertiary/aromatic N) is 1. The van der Waals surface area contributed by atoms with Crippen molar-refractivity contribution >= 4 is 5.97 Å². The fourth-order valence-corrected chi connectivity index (χ4v) is 1.71. The molecule has 1 aromatic heterocycles. The van der Waals surface area contributed by atoms with Crippen LogP contribution in [0.15, 0.2) is 49.8 Å². The van der Waals surface area contributed by atoms with Gasteiger partial charge in [0.2, 0.25) is 0 Å². The Morgan fingerprint density at radius 1 is 1.22 bits per heavy atom. The molecule has 0 N–H and O–H groups in total. The molecular weight excluding hydrogens is 307 g/mol. The van der Waals surface area contributed by atoms with E-state index < -0.39 is 12.1 Å². The number of carbonyl (C=O) groups excluding carboxylic acids is 1. The molecule has 0 aliphatic carbocycles. The predicted molar refractivity (Wildman–Crippen MR) is 80.3 cm³/mol. The van der Waals surface area contributed by atoms with Crippen LogP contribution in [0, 0.1) is 0 Å². The Kier molecular flexibility index (Phi) is 10.4. The summed E-state index contributed by atoms with van der Waals surface area (Å²) in [5.74, 6) is -3.01. The molecule has 1 heterocycles. The van der Waals surface area contributed by atoms with Gasteiger partial charge in [-0.05, 0) is 31.7 Å². The SMILES string of the molecule is C=CCCCC[n+]1cccc(CCC=C)c1.O=C([O-])C(F)(F)F. The van der Waals surface area contributed by atoms with E-state index in [0.717, 1.165) is 25.8 Å². The van der Waals surface area contributed by atoms with Crippen LogP contribution < -0.4 is 9.67 Å². The number of aryl methyl sites for hydroxylation is 2. The van der Waals surface area contributed by atoms with Crippen molar-refractivity contribution in [2.45, 2.75) is 44.8 Å². The molecule has 0 saturated heterocycles. The number of unbranched alkanes of at least 4 members (excludes halogenated alkanes) is 2. The maximum Gasteiger partial charge on any atom is 0.430 e. The average molecular weight is 329 g/mol. The van der Waals surface area contributed by atoms with Crippen LogP contribution in [0.1, 0.15) is 31.2 Å². The number of aliphatic carboxylic acids is 1. The quantitative estimate of drug-likeness (QED) is 0.418. The Balaban J connectivity index is 0.000000585. The monoisotopic (exact) mass is 329 g/mol. The van der Waals surface area contributed by atoms with Crippen molar-refractivity contribution in [1.82, 2.24) is 0 Å². The van der Waals surface area contributed by atoms with Gasteiger partial charge >= 0.3 is 6.18 Å². The third kappa shape index (κ3) is 11.2. The fourth-order valence-electron chi connectivity index (χ4n) is 1.71. The number of alkyl halides is 3. The van der Waals surface area contributed by atoms with E-state index in [1.165, 1.54) is 18.4 Å². The summed E-state index contributed by atoms with van der Waals surface area (Å²) < 4.78 is 33.8. The van der Waals surface area contributed by atoms with Crippen molar-refractivity contribution in [3.8, 4) is 0 Å². The second kappa shape index (κ2) is 11.5. The van der Waals surface area contributed by atoms with E-state index in [2.05, 4.69) is 42.3 Å². The van der Waals surface area contributed by atoms with Gasteiger partial charge in [0.15, 0.2) is 12.4 Å². The molecule has 0 unspecified atom stereocenters. The zero-order chi connectivity index (χ0) is 17.7. The predicted octanol–water partition coefficient (Wildman–Crippen LogP) is 2.75. The van der Waals surface area contributed by atoms with E-state index in [-0.39, 0.29) is 0 Å². The molecule has 0 radical (unpaired) electrons. The topological polar surface area (TPSA) is 44.0 Å². The number of halogens is 3. The van der Waals surface area contributed by atoms with Gasteiger partial charge < -0.3 is 9.90 Å². The lowest BCUT2D eigenvalue weighted by Crippen LogP contribution is -2.37. The van der Waals surface area contributed by atoms with E-state index in [1.54, 1.807) is 0 Å². The number of carbonyl (C=O) groups is 1. The van der Waals surface area contributed by atoms with Gasteiger partial charge in [0, 0.05) is 18.1 Å². The van der Waals surface area contributed by atoms with E-state index in [4.69, 9.17) is 9.90 Å². The van der Waals surface area contributed by atoms with Crippen molar-refractivity contribution in [3.63, 3.8) is 0 Å². The maximum atomic E-state index is 10.5. The molecule has 23 heavy (non-hydrogen) atoms. The number of hydrogen-bond acceptors (Lipinski definition) is 2. The number of pyridine rings is 1. The summed E-state index contributed by atoms with van der Waals surface area (Å²) >= 11 is 0. The van der Waals surface area contributed by atoms with Gasteiger partial charge in [-0.3, -0.25) is 0 Å². The zero-order valence-electron chi connectivity index (χ0n) is 13.0. The zero-order valence-corrected chi connectivity index (χ0v) is 13.0. The highest BCUT2D eigenvalue weighted by atomic mass is 19.4. The molecule has 128 valence electrons. The van der Waals surface area contributed by atoms with Crippen LogP contribution >= 0.6 is 0 Å². The molecule has 1 aromatic rings. The Morgan fingerprint density at radius 3 is 2.35 bits per heavy atom. The Labute approximate surface area is 134 Å². The van der Waals surface area contributed by atoms with Crippen LogP contribution in [0.2, 0.25) is 0 Å². The van der Waals surface area contributed by atoms with E-state index in [1.807, 2.05) is 12.2 Å². The number of hydrogen-bond donors (Lipinski definition) is 0. The average Bonchev–Trinajstić information content (AvgIpc) is 2.50. The van der Waals surface area contributed by atoms with Gasteiger partial charge in [-0.25, -0.2) is 4.57 Å². The van der Waals surface area contributed by atoms with Crippen LogP contribution in [-0.2, 0) is 17.8 Å². The summed E-state index contributed by atoms with van der Waals surface area (Å²) in [6, 6.07) is 4.32. The summed E-state index contributed by atoms with van der Waals surface area (Å²) in [5, 5.41) is 8.78. The normalized spacial score (nSPS) is 10.4. The lowest BCUT2D eigenvalue weighted by molar-refractivity contribution is -0.697. The molecule has 0 saturated carbocycles. The van der Waals surface area contributed by atoms with Crippen LogP contribution in [-0.4, -0.2) is 12.1 Å². The molecule has 0 atom stereocenters. The lowest BCUT2D eigenvalue weighted by atomic mass is 10.1. The number of aromatic nitrogens is 1. The molecule has 1 rings (SSSR count). The van der Waals surface area contributed by atoms with Crippen molar-refractivity contribution in [2.75, 3.05) is 0 Å². The van der Waals surface area contributed by atoms with Gasteiger partial charge in [-0.2, -0.15) is 13.2 Å². The fraction of sp³-hybridized carbons (Fsp3) is 0.412. The molecule has 3 nitrogen and oxygen atoms in total.